The van der Waals surface area contributed by atoms with Gasteiger partial charge in [-0.3, -0.25) is 9.52 Å². The SMILES string of the molecule is Cc1cccc(NS(=O)(=O)c2cc(C(=O)OCC(=O)N(C)c3ccccc3)ccc2C)c1. The Morgan fingerprint density at radius 3 is 2.34 bits per heavy atom. The summed E-state index contributed by atoms with van der Waals surface area (Å²) in [5.74, 6) is -1.20. The van der Waals surface area contributed by atoms with E-state index in [2.05, 4.69) is 4.72 Å². The van der Waals surface area contributed by atoms with Crippen LogP contribution in [0, 0.1) is 13.8 Å². The third kappa shape index (κ3) is 5.53. The Bertz CT molecular complexity index is 1240. The van der Waals surface area contributed by atoms with Crippen molar-refractivity contribution in [3.05, 3.63) is 89.5 Å². The van der Waals surface area contributed by atoms with Crippen molar-refractivity contribution in [2.75, 3.05) is 23.3 Å². The van der Waals surface area contributed by atoms with Crippen LogP contribution in [0.25, 0.3) is 0 Å². The molecule has 3 aromatic rings. The number of likely N-dealkylation sites (N-methyl/N-ethyl adjacent to an activating group) is 1. The number of ether oxygens (including phenoxy) is 1. The lowest BCUT2D eigenvalue weighted by Gasteiger charge is -2.17. The first kappa shape index (κ1) is 23.0. The Labute approximate surface area is 187 Å². The zero-order valence-electron chi connectivity index (χ0n) is 18.0. The van der Waals surface area contributed by atoms with E-state index in [4.69, 9.17) is 4.74 Å². The average Bonchev–Trinajstić information content (AvgIpc) is 2.77. The summed E-state index contributed by atoms with van der Waals surface area (Å²) < 4.78 is 33.4. The largest absolute Gasteiger partial charge is 0.452 e. The molecule has 7 nitrogen and oxygen atoms in total. The van der Waals surface area contributed by atoms with Crippen molar-refractivity contribution < 1.29 is 22.7 Å². The van der Waals surface area contributed by atoms with E-state index in [9.17, 15) is 18.0 Å². The summed E-state index contributed by atoms with van der Waals surface area (Å²) in [6, 6.07) is 20.2. The molecule has 0 spiro atoms. The monoisotopic (exact) mass is 452 g/mol. The molecule has 3 rings (SSSR count). The molecule has 3 aromatic carbocycles. The van der Waals surface area contributed by atoms with Crippen LogP contribution >= 0.6 is 0 Å². The Hall–Kier alpha value is -3.65. The molecule has 0 saturated heterocycles. The Balaban J connectivity index is 1.73. The molecule has 8 heteroatoms. The molecule has 0 atom stereocenters. The highest BCUT2D eigenvalue weighted by Crippen LogP contribution is 2.22. The molecule has 0 aliphatic carbocycles. The van der Waals surface area contributed by atoms with Crippen LogP contribution in [0.15, 0.2) is 77.7 Å². The van der Waals surface area contributed by atoms with Crippen molar-refractivity contribution in [3.8, 4) is 0 Å². The molecule has 1 N–H and O–H groups in total. The molecule has 1 amide bonds. The lowest BCUT2D eigenvalue weighted by molar-refractivity contribution is -0.121. The molecule has 0 saturated carbocycles. The third-order valence-electron chi connectivity index (χ3n) is 4.83. The van der Waals surface area contributed by atoms with Gasteiger partial charge in [0.2, 0.25) is 0 Å². The smallest absolute Gasteiger partial charge is 0.338 e. The van der Waals surface area contributed by atoms with Crippen molar-refractivity contribution in [2.24, 2.45) is 0 Å². The van der Waals surface area contributed by atoms with Gasteiger partial charge in [0, 0.05) is 18.4 Å². The first-order valence-electron chi connectivity index (χ1n) is 9.86. The maximum atomic E-state index is 12.9. The first-order chi connectivity index (χ1) is 15.2. The number of para-hydroxylation sites is 1. The minimum absolute atomic E-state index is 0.0374. The molecular weight excluding hydrogens is 428 g/mol. The fourth-order valence-electron chi connectivity index (χ4n) is 3.04. The van der Waals surface area contributed by atoms with Crippen LogP contribution in [0.5, 0.6) is 0 Å². The van der Waals surface area contributed by atoms with Gasteiger partial charge < -0.3 is 9.64 Å². The second kappa shape index (κ2) is 9.65. The molecule has 0 fully saturated rings. The number of hydrogen-bond acceptors (Lipinski definition) is 5. The van der Waals surface area contributed by atoms with Gasteiger partial charge in [-0.2, -0.15) is 0 Å². The van der Waals surface area contributed by atoms with Crippen molar-refractivity contribution in [1.29, 1.82) is 0 Å². The van der Waals surface area contributed by atoms with Gasteiger partial charge in [-0.15, -0.1) is 0 Å². The van der Waals surface area contributed by atoms with Gasteiger partial charge >= 0.3 is 5.97 Å². The predicted molar refractivity (Wildman–Crippen MR) is 123 cm³/mol. The molecule has 0 radical (unpaired) electrons. The predicted octanol–water partition coefficient (Wildman–Crippen LogP) is 3.92. The molecular formula is C24H24N2O5S. The molecule has 0 unspecified atom stereocenters. The highest BCUT2D eigenvalue weighted by Gasteiger charge is 2.21. The van der Waals surface area contributed by atoms with Gasteiger partial charge in [0.15, 0.2) is 6.61 Å². The van der Waals surface area contributed by atoms with Gasteiger partial charge in [0.25, 0.3) is 15.9 Å². The van der Waals surface area contributed by atoms with Crippen molar-refractivity contribution in [3.63, 3.8) is 0 Å². The van der Waals surface area contributed by atoms with E-state index in [-0.39, 0.29) is 10.5 Å². The van der Waals surface area contributed by atoms with Crippen LogP contribution in [-0.4, -0.2) is 33.9 Å². The standard InChI is InChI=1S/C24H24N2O5S/c1-17-8-7-9-20(14-17)25-32(29,30)22-15-19(13-12-18(22)2)24(28)31-16-23(27)26(3)21-10-5-4-6-11-21/h4-15,25H,16H2,1-3H3. The van der Waals surface area contributed by atoms with Crippen LogP contribution in [0.4, 0.5) is 11.4 Å². The summed E-state index contributed by atoms with van der Waals surface area (Å²) in [5.41, 5.74) is 2.51. The van der Waals surface area contributed by atoms with E-state index in [0.29, 0.717) is 16.9 Å². The normalized spacial score (nSPS) is 11.0. The number of nitrogens with one attached hydrogen (secondary N) is 1. The summed E-state index contributed by atoms with van der Waals surface area (Å²) >= 11 is 0. The lowest BCUT2D eigenvalue weighted by Crippen LogP contribution is -2.31. The maximum Gasteiger partial charge on any atom is 0.338 e. The number of nitrogens with zero attached hydrogens (tertiary/aromatic N) is 1. The Kier molecular flexibility index (Phi) is 6.95. The highest BCUT2D eigenvalue weighted by atomic mass is 32.2. The molecule has 0 bridgehead atoms. The van der Waals surface area contributed by atoms with Crippen LogP contribution in [0.2, 0.25) is 0 Å². The maximum absolute atomic E-state index is 12.9. The molecule has 0 aromatic heterocycles. The zero-order valence-corrected chi connectivity index (χ0v) is 18.8. The van der Waals surface area contributed by atoms with E-state index in [0.717, 1.165) is 5.56 Å². The van der Waals surface area contributed by atoms with Crippen LogP contribution < -0.4 is 9.62 Å². The second-order valence-electron chi connectivity index (χ2n) is 7.32. The molecule has 0 aliphatic heterocycles. The third-order valence-corrected chi connectivity index (χ3v) is 6.35. The van der Waals surface area contributed by atoms with Crippen LogP contribution in [0.1, 0.15) is 21.5 Å². The van der Waals surface area contributed by atoms with Crippen molar-refractivity contribution >= 4 is 33.3 Å². The summed E-state index contributed by atoms with van der Waals surface area (Å²) in [7, 11) is -2.35. The Morgan fingerprint density at radius 1 is 0.938 bits per heavy atom. The summed E-state index contributed by atoms with van der Waals surface area (Å²) in [6.45, 7) is 3.02. The van der Waals surface area contributed by atoms with Gasteiger partial charge in [-0.1, -0.05) is 36.4 Å². The summed E-state index contributed by atoms with van der Waals surface area (Å²) in [4.78, 5) is 26.2. The van der Waals surface area contributed by atoms with Crippen molar-refractivity contribution in [2.45, 2.75) is 18.7 Å². The number of rotatable bonds is 7. The molecule has 166 valence electrons. The van der Waals surface area contributed by atoms with E-state index in [1.165, 1.54) is 23.1 Å². The number of amides is 1. The second-order valence-corrected chi connectivity index (χ2v) is 8.97. The summed E-state index contributed by atoms with van der Waals surface area (Å²) in [5, 5.41) is 0. The van der Waals surface area contributed by atoms with Crippen LogP contribution in [0.3, 0.4) is 0 Å². The number of carbonyl (C=O) groups is 2. The minimum atomic E-state index is -3.93. The lowest BCUT2D eigenvalue weighted by atomic mass is 10.1. The van der Waals surface area contributed by atoms with E-state index < -0.39 is 28.5 Å². The van der Waals surface area contributed by atoms with Crippen LogP contribution in [-0.2, 0) is 19.6 Å². The minimum Gasteiger partial charge on any atom is -0.452 e. The van der Waals surface area contributed by atoms with E-state index >= 15 is 0 Å². The fraction of sp³-hybridized carbons (Fsp3) is 0.167. The zero-order chi connectivity index (χ0) is 23.3. The number of aryl methyl sites for hydroxylation is 2. The quantitative estimate of drug-likeness (QED) is 0.549. The number of anilines is 2. The van der Waals surface area contributed by atoms with Gasteiger partial charge in [0.1, 0.15) is 0 Å². The number of sulfonamides is 1. The topological polar surface area (TPSA) is 92.8 Å². The van der Waals surface area contributed by atoms with Crippen molar-refractivity contribution in [1.82, 2.24) is 0 Å². The average molecular weight is 453 g/mol. The molecule has 32 heavy (non-hydrogen) atoms. The van der Waals surface area contributed by atoms with E-state index in [1.807, 2.05) is 19.1 Å². The Morgan fingerprint density at radius 2 is 1.66 bits per heavy atom. The number of esters is 1. The molecule has 0 aliphatic rings. The molecule has 0 heterocycles. The fourth-order valence-corrected chi connectivity index (χ4v) is 4.36. The number of hydrogen-bond donors (Lipinski definition) is 1. The van der Waals surface area contributed by atoms with Gasteiger partial charge in [-0.05, 0) is 61.4 Å². The first-order valence-corrected chi connectivity index (χ1v) is 11.3. The van der Waals surface area contributed by atoms with Gasteiger partial charge in [0.05, 0.1) is 10.5 Å². The summed E-state index contributed by atoms with van der Waals surface area (Å²) in [6.07, 6.45) is 0. The highest BCUT2D eigenvalue weighted by molar-refractivity contribution is 7.92. The number of carbonyl (C=O) groups excluding carboxylic acids is 2. The van der Waals surface area contributed by atoms with E-state index in [1.54, 1.807) is 56.4 Å². The van der Waals surface area contributed by atoms with Gasteiger partial charge in [-0.25, -0.2) is 13.2 Å². The number of benzene rings is 3.